The highest BCUT2D eigenvalue weighted by atomic mass is 19.4. The summed E-state index contributed by atoms with van der Waals surface area (Å²) in [5.41, 5.74) is 0. The number of alkyl halides is 3. The second-order valence-corrected chi connectivity index (χ2v) is 7.25. The van der Waals surface area contributed by atoms with Gasteiger partial charge in [-0.25, -0.2) is 4.79 Å². The van der Waals surface area contributed by atoms with Gasteiger partial charge in [0.15, 0.2) is 0 Å². The number of carbonyl (C=O) groups is 2. The van der Waals surface area contributed by atoms with Gasteiger partial charge in [0.25, 0.3) is 0 Å². The molecule has 0 aromatic carbocycles. The zero-order chi connectivity index (χ0) is 22.4. The van der Waals surface area contributed by atoms with E-state index in [1.807, 2.05) is 24.3 Å². The number of ether oxygens (including phenoxy) is 1. The van der Waals surface area contributed by atoms with E-state index < -0.39 is 12.1 Å². The van der Waals surface area contributed by atoms with Gasteiger partial charge in [-0.3, -0.25) is 9.69 Å². The van der Waals surface area contributed by atoms with Crippen LogP contribution in [0.3, 0.4) is 0 Å². The van der Waals surface area contributed by atoms with Crippen LogP contribution in [0.2, 0.25) is 0 Å². The van der Waals surface area contributed by atoms with E-state index in [0.717, 1.165) is 43.9 Å². The lowest BCUT2D eigenvalue weighted by molar-refractivity contribution is -0.192. The Morgan fingerprint density at radius 3 is 2.32 bits per heavy atom. The molecule has 2 aromatic rings. The van der Waals surface area contributed by atoms with Gasteiger partial charge in [-0.15, -0.1) is 0 Å². The van der Waals surface area contributed by atoms with E-state index in [0.29, 0.717) is 12.6 Å². The molecule has 0 aliphatic carbocycles. The first-order valence-electron chi connectivity index (χ1n) is 9.76. The molecule has 0 bridgehead atoms. The first kappa shape index (κ1) is 22.9. The van der Waals surface area contributed by atoms with E-state index in [9.17, 15) is 18.0 Å². The van der Waals surface area contributed by atoms with Crippen LogP contribution in [0, 0.1) is 0 Å². The molecule has 31 heavy (non-hydrogen) atoms. The summed E-state index contributed by atoms with van der Waals surface area (Å²) in [6.45, 7) is 2.20. The topological polar surface area (TPSA) is 105 Å². The molecule has 2 aromatic heterocycles. The Kier molecular flexibility index (Phi) is 7.39. The lowest BCUT2D eigenvalue weighted by Crippen LogP contribution is -2.47. The van der Waals surface area contributed by atoms with E-state index in [-0.39, 0.29) is 18.1 Å². The number of carboxylic acid groups (broad SMARTS) is 1. The van der Waals surface area contributed by atoms with Crippen molar-refractivity contribution in [3.05, 3.63) is 48.3 Å². The van der Waals surface area contributed by atoms with Crippen molar-refractivity contribution in [3.63, 3.8) is 0 Å². The molecule has 11 heteroatoms. The van der Waals surface area contributed by atoms with Gasteiger partial charge < -0.3 is 24.0 Å². The summed E-state index contributed by atoms with van der Waals surface area (Å²) in [6, 6.07) is 7.96. The van der Waals surface area contributed by atoms with Crippen LogP contribution in [0.15, 0.2) is 45.6 Å². The number of hydrogen-bond donors (Lipinski definition) is 2. The molecule has 0 spiro atoms. The maximum absolute atomic E-state index is 12.3. The minimum atomic E-state index is -5.08. The zero-order valence-electron chi connectivity index (χ0n) is 16.5. The molecule has 170 valence electrons. The molecule has 0 radical (unpaired) electrons. The Hall–Kier alpha value is -2.79. The smallest absolute Gasteiger partial charge is 0.475 e. The monoisotopic (exact) mass is 444 g/mol. The molecule has 0 saturated carbocycles. The Morgan fingerprint density at radius 2 is 1.74 bits per heavy atom. The number of nitrogens with one attached hydrogen (secondary N) is 1. The molecule has 2 aliphatic heterocycles. The van der Waals surface area contributed by atoms with Gasteiger partial charge in [0.05, 0.1) is 31.7 Å². The first-order valence-corrected chi connectivity index (χ1v) is 9.76. The number of nitrogens with zero attached hydrogens (tertiary/aromatic N) is 1. The highest BCUT2D eigenvalue weighted by Gasteiger charge is 2.41. The summed E-state index contributed by atoms with van der Waals surface area (Å²) >= 11 is 0. The predicted octanol–water partition coefficient (Wildman–Crippen LogP) is 2.94. The number of amides is 1. The third kappa shape index (κ3) is 6.34. The molecule has 4 rings (SSSR count). The summed E-state index contributed by atoms with van der Waals surface area (Å²) in [6.07, 6.45) is 0.699. The van der Waals surface area contributed by atoms with Crippen LogP contribution in [0.1, 0.15) is 30.8 Å². The number of carboxylic acids is 1. The molecule has 8 nitrogen and oxygen atoms in total. The van der Waals surface area contributed by atoms with Crippen molar-refractivity contribution in [3.8, 4) is 0 Å². The van der Waals surface area contributed by atoms with Crippen molar-refractivity contribution in [2.24, 2.45) is 0 Å². The van der Waals surface area contributed by atoms with E-state index in [4.69, 9.17) is 23.5 Å². The molecule has 2 fully saturated rings. The number of likely N-dealkylation sites (tertiary alicyclic amines) is 1. The highest BCUT2D eigenvalue weighted by molar-refractivity contribution is 5.80. The van der Waals surface area contributed by atoms with Crippen LogP contribution < -0.4 is 5.32 Å². The molecule has 3 atom stereocenters. The minimum absolute atomic E-state index is 0.0469. The average molecular weight is 444 g/mol. The van der Waals surface area contributed by atoms with E-state index in [2.05, 4.69) is 10.2 Å². The van der Waals surface area contributed by atoms with Crippen LogP contribution in [-0.2, 0) is 27.4 Å². The molecular formula is C20H23F3N2O6. The third-order valence-electron chi connectivity index (χ3n) is 5.15. The number of rotatable bonds is 5. The fourth-order valence-corrected chi connectivity index (χ4v) is 3.71. The van der Waals surface area contributed by atoms with E-state index >= 15 is 0 Å². The van der Waals surface area contributed by atoms with Crippen LogP contribution in [0.4, 0.5) is 13.2 Å². The molecular weight excluding hydrogens is 421 g/mol. The molecule has 2 saturated heterocycles. The molecule has 2 N–H and O–H groups in total. The van der Waals surface area contributed by atoms with E-state index in [1.165, 1.54) is 0 Å². The summed E-state index contributed by atoms with van der Waals surface area (Å²) in [5.74, 6) is -1.07. The summed E-state index contributed by atoms with van der Waals surface area (Å²) in [7, 11) is 0. The van der Waals surface area contributed by atoms with E-state index in [1.54, 1.807) is 12.5 Å². The molecule has 0 unspecified atom stereocenters. The van der Waals surface area contributed by atoms with Crippen LogP contribution in [0.5, 0.6) is 0 Å². The van der Waals surface area contributed by atoms with Gasteiger partial charge in [0.2, 0.25) is 5.91 Å². The van der Waals surface area contributed by atoms with Crippen molar-refractivity contribution in [1.82, 2.24) is 10.2 Å². The van der Waals surface area contributed by atoms with Crippen LogP contribution in [0.25, 0.3) is 0 Å². The molecule has 4 heterocycles. The lowest BCUT2D eigenvalue weighted by Gasteiger charge is -2.35. The van der Waals surface area contributed by atoms with Crippen molar-refractivity contribution in [1.29, 1.82) is 0 Å². The predicted molar refractivity (Wildman–Crippen MR) is 99.7 cm³/mol. The number of halogens is 3. The normalized spacial score (nSPS) is 23.5. The number of carbonyl (C=O) groups excluding carboxylic acids is 1. The Balaban J connectivity index is 0.000000339. The number of furan rings is 2. The molecule has 2 aliphatic rings. The number of hydrogen-bond acceptors (Lipinski definition) is 6. The Bertz CT molecular complexity index is 838. The van der Waals surface area contributed by atoms with Gasteiger partial charge in [0, 0.05) is 12.6 Å². The quantitative estimate of drug-likeness (QED) is 0.731. The van der Waals surface area contributed by atoms with Crippen molar-refractivity contribution in [2.45, 2.75) is 56.8 Å². The van der Waals surface area contributed by atoms with Crippen LogP contribution in [-0.4, -0.2) is 52.9 Å². The SMILES string of the molecule is O=C(NCc1ccco1)[C@@H]1CC[C@@H]2[C@@H](CCN2Cc2ccco2)O1.O=C(O)C(F)(F)F. The van der Waals surface area contributed by atoms with Gasteiger partial charge in [-0.1, -0.05) is 0 Å². The summed E-state index contributed by atoms with van der Waals surface area (Å²) < 4.78 is 48.5. The Labute approximate surface area is 175 Å². The summed E-state index contributed by atoms with van der Waals surface area (Å²) in [4.78, 5) is 23.6. The van der Waals surface area contributed by atoms with Gasteiger partial charge >= 0.3 is 12.1 Å². The van der Waals surface area contributed by atoms with Crippen LogP contribution >= 0.6 is 0 Å². The second kappa shape index (κ2) is 10.0. The fourth-order valence-electron chi connectivity index (χ4n) is 3.71. The van der Waals surface area contributed by atoms with Gasteiger partial charge in [-0.2, -0.15) is 13.2 Å². The first-order chi connectivity index (χ1) is 14.7. The molecule has 1 amide bonds. The van der Waals surface area contributed by atoms with Gasteiger partial charge in [0.1, 0.15) is 17.6 Å². The number of fused-ring (bicyclic) bond motifs is 1. The number of aliphatic carboxylic acids is 1. The second-order valence-electron chi connectivity index (χ2n) is 7.25. The fraction of sp³-hybridized carbons (Fsp3) is 0.500. The minimum Gasteiger partial charge on any atom is -0.475 e. The summed E-state index contributed by atoms with van der Waals surface area (Å²) in [5, 5.41) is 10.0. The lowest BCUT2D eigenvalue weighted by atomic mass is 9.98. The maximum atomic E-state index is 12.3. The Morgan fingerprint density at radius 1 is 1.10 bits per heavy atom. The largest absolute Gasteiger partial charge is 0.490 e. The highest BCUT2D eigenvalue weighted by Crippen LogP contribution is 2.32. The van der Waals surface area contributed by atoms with Gasteiger partial charge in [-0.05, 0) is 43.5 Å². The zero-order valence-corrected chi connectivity index (χ0v) is 16.5. The third-order valence-corrected chi connectivity index (χ3v) is 5.15. The standard InChI is InChI=1S/C18H22N2O4.C2HF3O2/c21-18(19-11-13-3-1-9-22-13)17-6-5-15-16(24-17)7-8-20(15)12-14-4-2-10-23-14;3-2(4,5)1(6)7/h1-4,9-10,15-17H,5-8,11-12H2,(H,19,21);(H,6,7)/t15-,16-,17+;/m1./s1. The maximum Gasteiger partial charge on any atom is 0.490 e. The van der Waals surface area contributed by atoms with Crippen molar-refractivity contribution < 1.29 is 41.4 Å². The van der Waals surface area contributed by atoms with Crippen molar-refractivity contribution >= 4 is 11.9 Å². The van der Waals surface area contributed by atoms with Crippen molar-refractivity contribution in [2.75, 3.05) is 6.54 Å². The average Bonchev–Trinajstić information content (AvgIpc) is 3.49.